The van der Waals surface area contributed by atoms with Gasteiger partial charge in [0.25, 0.3) is 0 Å². The summed E-state index contributed by atoms with van der Waals surface area (Å²) < 4.78 is 3.99. The molecule has 0 aromatic carbocycles. The minimum atomic E-state index is 0.0416. The maximum atomic E-state index is 9.27. The van der Waals surface area contributed by atoms with E-state index in [1.165, 1.54) is 0 Å². The molecule has 0 bridgehead atoms. The first-order valence-corrected chi connectivity index (χ1v) is 5.81. The molecule has 0 amide bonds. The number of nitrogens with zero attached hydrogens (tertiary/aromatic N) is 4. The first-order chi connectivity index (χ1) is 8.17. The van der Waals surface area contributed by atoms with Gasteiger partial charge >= 0.3 is 0 Å². The van der Waals surface area contributed by atoms with Gasteiger partial charge in [0.2, 0.25) is 0 Å². The van der Waals surface area contributed by atoms with Crippen LogP contribution in [0.5, 0.6) is 0 Å². The number of aliphatic hydroxyl groups excluding tert-OH is 1. The van der Waals surface area contributed by atoms with Crippen LogP contribution in [0.4, 0.5) is 0 Å². The molecule has 17 heavy (non-hydrogen) atoms. The Bertz CT molecular complexity index is 513. The summed E-state index contributed by atoms with van der Waals surface area (Å²) in [5, 5.41) is 13.7. The Labute approximate surface area is 101 Å². The third-order valence-corrected chi connectivity index (χ3v) is 3.12. The maximum Gasteiger partial charge on any atom is 0.130 e. The van der Waals surface area contributed by atoms with Gasteiger partial charge in [-0.1, -0.05) is 0 Å². The molecule has 2 aromatic heterocycles. The molecule has 2 heterocycles. The van der Waals surface area contributed by atoms with E-state index in [1.807, 2.05) is 24.7 Å². The van der Waals surface area contributed by atoms with Gasteiger partial charge in [-0.25, -0.2) is 4.98 Å². The van der Waals surface area contributed by atoms with Crippen molar-refractivity contribution in [1.82, 2.24) is 19.3 Å². The largest absolute Gasteiger partial charge is 0.392 e. The number of aromatic nitrogens is 4. The number of rotatable bonds is 4. The molecule has 2 rings (SSSR count). The normalized spacial score (nSPS) is 11.1. The molecule has 0 atom stereocenters. The van der Waals surface area contributed by atoms with E-state index in [4.69, 9.17) is 0 Å². The number of hydrogen-bond donors (Lipinski definition) is 1. The second kappa shape index (κ2) is 4.71. The third-order valence-electron chi connectivity index (χ3n) is 3.12. The molecule has 0 unspecified atom stereocenters. The average molecular weight is 234 g/mol. The molecule has 0 aliphatic heterocycles. The van der Waals surface area contributed by atoms with Gasteiger partial charge in [0.15, 0.2) is 0 Å². The van der Waals surface area contributed by atoms with Gasteiger partial charge in [0.05, 0.1) is 18.8 Å². The van der Waals surface area contributed by atoms with Crippen molar-refractivity contribution >= 4 is 0 Å². The lowest BCUT2D eigenvalue weighted by Gasteiger charge is -2.06. The average Bonchev–Trinajstić information content (AvgIpc) is 2.85. The second-order valence-corrected chi connectivity index (χ2v) is 4.09. The Morgan fingerprint density at radius 1 is 1.35 bits per heavy atom. The molecule has 0 aliphatic rings. The smallest absolute Gasteiger partial charge is 0.130 e. The summed E-state index contributed by atoms with van der Waals surface area (Å²) in [6, 6.07) is 0. The molecule has 2 aromatic rings. The number of aryl methyl sites for hydroxylation is 2. The topological polar surface area (TPSA) is 55.9 Å². The highest BCUT2D eigenvalue weighted by atomic mass is 16.3. The van der Waals surface area contributed by atoms with Gasteiger partial charge in [-0.2, -0.15) is 5.10 Å². The van der Waals surface area contributed by atoms with Gasteiger partial charge in [-0.3, -0.25) is 4.68 Å². The summed E-state index contributed by atoms with van der Waals surface area (Å²) in [6.07, 6.45) is 3.77. The predicted octanol–water partition coefficient (Wildman–Crippen LogP) is 1.26. The molecule has 0 aliphatic carbocycles. The lowest BCUT2D eigenvalue weighted by Crippen LogP contribution is -2.10. The Morgan fingerprint density at radius 3 is 2.71 bits per heavy atom. The van der Waals surface area contributed by atoms with E-state index >= 15 is 0 Å². The molecule has 0 radical (unpaired) electrons. The van der Waals surface area contributed by atoms with Crippen molar-refractivity contribution in [3.05, 3.63) is 35.2 Å². The van der Waals surface area contributed by atoms with Crippen LogP contribution >= 0.6 is 0 Å². The van der Waals surface area contributed by atoms with Crippen LogP contribution in [-0.4, -0.2) is 24.4 Å². The van der Waals surface area contributed by atoms with Crippen molar-refractivity contribution in [2.24, 2.45) is 0 Å². The predicted molar refractivity (Wildman–Crippen MR) is 64.6 cm³/mol. The van der Waals surface area contributed by atoms with E-state index in [9.17, 15) is 5.11 Å². The number of imidazole rings is 1. The van der Waals surface area contributed by atoms with Crippen LogP contribution in [0, 0.1) is 13.8 Å². The minimum Gasteiger partial charge on any atom is -0.392 e. The maximum absolute atomic E-state index is 9.27. The van der Waals surface area contributed by atoms with Crippen LogP contribution in [0.3, 0.4) is 0 Å². The fourth-order valence-corrected chi connectivity index (χ4v) is 2.03. The molecule has 92 valence electrons. The standard InChI is InChI=1S/C12H18N4O/c1-4-15-6-5-13-12(15)7-16-10(3)11(8-17)9(2)14-16/h5-6,17H,4,7-8H2,1-3H3. The minimum absolute atomic E-state index is 0.0416. The van der Waals surface area contributed by atoms with E-state index in [2.05, 4.69) is 21.6 Å². The van der Waals surface area contributed by atoms with Gasteiger partial charge in [0, 0.05) is 30.2 Å². The van der Waals surface area contributed by atoms with Crippen molar-refractivity contribution in [3.63, 3.8) is 0 Å². The van der Waals surface area contributed by atoms with Crippen LogP contribution in [-0.2, 0) is 19.7 Å². The molecule has 5 heteroatoms. The molecule has 0 spiro atoms. The fraction of sp³-hybridized carbons (Fsp3) is 0.500. The summed E-state index contributed by atoms with van der Waals surface area (Å²) in [4.78, 5) is 4.33. The Morgan fingerprint density at radius 2 is 2.12 bits per heavy atom. The number of aliphatic hydroxyl groups is 1. The van der Waals surface area contributed by atoms with Crippen molar-refractivity contribution < 1.29 is 5.11 Å². The van der Waals surface area contributed by atoms with E-state index in [1.54, 1.807) is 6.20 Å². The molecular formula is C12H18N4O. The van der Waals surface area contributed by atoms with E-state index < -0.39 is 0 Å². The first-order valence-electron chi connectivity index (χ1n) is 5.81. The zero-order chi connectivity index (χ0) is 12.4. The zero-order valence-electron chi connectivity index (χ0n) is 10.5. The van der Waals surface area contributed by atoms with Crippen LogP contribution < -0.4 is 0 Å². The van der Waals surface area contributed by atoms with Crippen LogP contribution in [0.15, 0.2) is 12.4 Å². The van der Waals surface area contributed by atoms with Crippen LogP contribution in [0.25, 0.3) is 0 Å². The van der Waals surface area contributed by atoms with Gasteiger partial charge < -0.3 is 9.67 Å². The molecule has 5 nitrogen and oxygen atoms in total. The SMILES string of the molecule is CCn1ccnc1Cn1nc(C)c(CO)c1C. The molecule has 0 fully saturated rings. The molecule has 0 saturated carbocycles. The van der Waals surface area contributed by atoms with Crippen LogP contribution in [0.1, 0.15) is 29.7 Å². The lowest BCUT2D eigenvalue weighted by molar-refractivity contribution is 0.280. The van der Waals surface area contributed by atoms with Crippen molar-refractivity contribution in [1.29, 1.82) is 0 Å². The lowest BCUT2D eigenvalue weighted by atomic mass is 10.2. The summed E-state index contributed by atoms with van der Waals surface area (Å²) in [6.45, 7) is 7.58. The quantitative estimate of drug-likeness (QED) is 0.866. The highest BCUT2D eigenvalue weighted by molar-refractivity contribution is 5.23. The monoisotopic (exact) mass is 234 g/mol. The molecule has 1 N–H and O–H groups in total. The van der Waals surface area contributed by atoms with E-state index in [0.29, 0.717) is 6.54 Å². The van der Waals surface area contributed by atoms with Gasteiger partial charge in [0.1, 0.15) is 5.82 Å². The highest BCUT2D eigenvalue weighted by Gasteiger charge is 2.12. The van der Waals surface area contributed by atoms with Crippen molar-refractivity contribution in [3.8, 4) is 0 Å². The second-order valence-electron chi connectivity index (χ2n) is 4.09. The zero-order valence-corrected chi connectivity index (χ0v) is 10.5. The first kappa shape index (κ1) is 11.9. The van der Waals surface area contributed by atoms with Crippen LogP contribution in [0.2, 0.25) is 0 Å². The van der Waals surface area contributed by atoms with E-state index in [0.717, 1.165) is 29.3 Å². The van der Waals surface area contributed by atoms with Gasteiger partial charge in [-0.15, -0.1) is 0 Å². The fourth-order valence-electron chi connectivity index (χ4n) is 2.03. The Kier molecular flexibility index (Phi) is 3.28. The molecule has 0 saturated heterocycles. The summed E-state index contributed by atoms with van der Waals surface area (Å²) >= 11 is 0. The van der Waals surface area contributed by atoms with Crippen molar-refractivity contribution in [2.45, 2.75) is 40.5 Å². The number of hydrogen-bond acceptors (Lipinski definition) is 3. The Hall–Kier alpha value is -1.62. The highest BCUT2D eigenvalue weighted by Crippen LogP contribution is 2.14. The molecular weight excluding hydrogens is 216 g/mol. The summed E-state index contributed by atoms with van der Waals surface area (Å²) in [5.74, 6) is 0.989. The van der Waals surface area contributed by atoms with Gasteiger partial charge in [-0.05, 0) is 20.8 Å². The van der Waals surface area contributed by atoms with Crippen molar-refractivity contribution in [2.75, 3.05) is 0 Å². The Balaban J connectivity index is 2.30. The summed E-state index contributed by atoms with van der Waals surface area (Å²) in [7, 11) is 0. The summed E-state index contributed by atoms with van der Waals surface area (Å²) in [5.41, 5.74) is 2.81. The van der Waals surface area contributed by atoms with E-state index in [-0.39, 0.29) is 6.61 Å². The third kappa shape index (κ3) is 2.10.